The second kappa shape index (κ2) is 7.10. The van der Waals surface area contributed by atoms with Crippen molar-refractivity contribution in [3.05, 3.63) is 0 Å². The highest BCUT2D eigenvalue weighted by molar-refractivity contribution is 5.81. The van der Waals surface area contributed by atoms with Gasteiger partial charge in [0, 0.05) is 19.1 Å². The van der Waals surface area contributed by atoms with Gasteiger partial charge in [-0.25, -0.2) is 0 Å². The Morgan fingerprint density at radius 3 is 2.89 bits per heavy atom. The third kappa shape index (κ3) is 3.95. The molecule has 2 heterocycles. The molecule has 0 aromatic carbocycles. The standard InChI is InChI=1S/C14H26N2O2/c1-11-12(7-9-18-11)10-16-14(17)13-6-4-2-3-5-8-15-13/h11-13,15H,2-10H2,1H3,(H,16,17). The molecule has 2 N–H and O–H groups in total. The molecular formula is C14H26N2O2. The lowest BCUT2D eigenvalue weighted by molar-refractivity contribution is -0.123. The molecule has 18 heavy (non-hydrogen) atoms. The van der Waals surface area contributed by atoms with Crippen molar-refractivity contribution in [2.45, 2.75) is 57.6 Å². The van der Waals surface area contributed by atoms with E-state index in [4.69, 9.17) is 4.74 Å². The molecule has 0 spiro atoms. The van der Waals surface area contributed by atoms with Crippen molar-refractivity contribution in [2.75, 3.05) is 19.7 Å². The number of hydrogen-bond acceptors (Lipinski definition) is 3. The molecule has 0 aromatic rings. The van der Waals surface area contributed by atoms with E-state index in [9.17, 15) is 4.79 Å². The number of amides is 1. The summed E-state index contributed by atoms with van der Waals surface area (Å²) in [6.07, 6.45) is 7.24. The first-order valence-corrected chi connectivity index (χ1v) is 7.40. The number of hydrogen-bond donors (Lipinski definition) is 2. The van der Waals surface area contributed by atoms with E-state index in [1.54, 1.807) is 0 Å². The van der Waals surface area contributed by atoms with Gasteiger partial charge in [0.1, 0.15) is 0 Å². The summed E-state index contributed by atoms with van der Waals surface area (Å²) in [7, 11) is 0. The van der Waals surface area contributed by atoms with E-state index in [-0.39, 0.29) is 18.1 Å². The largest absolute Gasteiger partial charge is 0.378 e. The fourth-order valence-electron chi connectivity index (χ4n) is 2.83. The van der Waals surface area contributed by atoms with Crippen LogP contribution in [0.4, 0.5) is 0 Å². The molecule has 104 valence electrons. The maximum Gasteiger partial charge on any atom is 0.237 e. The van der Waals surface area contributed by atoms with Gasteiger partial charge in [-0.3, -0.25) is 4.79 Å². The van der Waals surface area contributed by atoms with E-state index in [1.165, 1.54) is 19.3 Å². The van der Waals surface area contributed by atoms with Crippen LogP contribution in [-0.2, 0) is 9.53 Å². The van der Waals surface area contributed by atoms with Crippen molar-refractivity contribution in [2.24, 2.45) is 5.92 Å². The van der Waals surface area contributed by atoms with Gasteiger partial charge < -0.3 is 15.4 Å². The Labute approximate surface area is 110 Å². The lowest BCUT2D eigenvalue weighted by Gasteiger charge is -2.22. The van der Waals surface area contributed by atoms with Crippen LogP contribution >= 0.6 is 0 Å². The summed E-state index contributed by atoms with van der Waals surface area (Å²) in [5.41, 5.74) is 0. The molecule has 2 aliphatic heterocycles. The van der Waals surface area contributed by atoms with Crippen molar-refractivity contribution in [3.8, 4) is 0 Å². The van der Waals surface area contributed by atoms with Crippen LogP contribution in [0.3, 0.4) is 0 Å². The maximum atomic E-state index is 12.1. The number of rotatable bonds is 3. The van der Waals surface area contributed by atoms with Crippen LogP contribution in [0.5, 0.6) is 0 Å². The maximum absolute atomic E-state index is 12.1. The zero-order chi connectivity index (χ0) is 12.8. The first kappa shape index (κ1) is 13.8. The molecular weight excluding hydrogens is 228 g/mol. The van der Waals surface area contributed by atoms with Crippen LogP contribution in [0.2, 0.25) is 0 Å². The summed E-state index contributed by atoms with van der Waals surface area (Å²) >= 11 is 0. The Morgan fingerprint density at radius 1 is 1.28 bits per heavy atom. The minimum Gasteiger partial charge on any atom is -0.378 e. The normalized spacial score (nSPS) is 33.7. The Balaban J connectivity index is 1.72. The van der Waals surface area contributed by atoms with Crippen molar-refractivity contribution >= 4 is 5.91 Å². The van der Waals surface area contributed by atoms with Crippen LogP contribution in [0.15, 0.2) is 0 Å². The number of carbonyl (C=O) groups is 1. The van der Waals surface area contributed by atoms with E-state index in [1.807, 2.05) is 0 Å². The van der Waals surface area contributed by atoms with Gasteiger partial charge >= 0.3 is 0 Å². The second-order valence-electron chi connectivity index (χ2n) is 5.58. The average molecular weight is 254 g/mol. The molecule has 4 heteroatoms. The summed E-state index contributed by atoms with van der Waals surface area (Å²) in [6, 6.07) is 0.0166. The van der Waals surface area contributed by atoms with Crippen molar-refractivity contribution < 1.29 is 9.53 Å². The summed E-state index contributed by atoms with van der Waals surface area (Å²) in [6.45, 7) is 4.67. The third-order valence-electron chi connectivity index (χ3n) is 4.20. The molecule has 0 saturated carbocycles. The Kier molecular flexibility index (Phi) is 5.45. The van der Waals surface area contributed by atoms with Crippen LogP contribution < -0.4 is 10.6 Å². The molecule has 0 radical (unpaired) electrons. The molecule has 2 saturated heterocycles. The molecule has 4 nitrogen and oxygen atoms in total. The van der Waals surface area contributed by atoms with E-state index < -0.39 is 0 Å². The zero-order valence-electron chi connectivity index (χ0n) is 11.4. The lowest BCUT2D eigenvalue weighted by Crippen LogP contribution is -2.46. The van der Waals surface area contributed by atoms with Crippen LogP contribution in [-0.4, -0.2) is 37.7 Å². The number of nitrogens with one attached hydrogen (secondary N) is 2. The van der Waals surface area contributed by atoms with Crippen LogP contribution in [0, 0.1) is 5.92 Å². The SMILES string of the molecule is CC1OCCC1CNC(=O)C1CCCCCCN1. The van der Waals surface area contributed by atoms with Gasteiger partial charge in [0.15, 0.2) is 0 Å². The predicted octanol–water partition coefficient (Wildman–Crippen LogP) is 1.45. The molecule has 1 amide bonds. The summed E-state index contributed by atoms with van der Waals surface area (Å²) in [4.78, 5) is 12.1. The Morgan fingerprint density at radius 2 is 2.11 bits per heavy atom. The van der Waals surface area contributed by atoms with Crippen molar-refractivity contribution in [3.63, 3.8) is 0 Å². The molecule has 2 fully saturated rings. The Hall–Kier alpha value is -0.610. The minimum atomic E-state index is 0.0166. The number of carbonyl (C=O) groups excluding carboxylic acids is 1. The van der Waals surface area contributed by atoms with Crippen LogP contribution in [0.25, 0.3) is 0 Å². The molecule has 0 bridgehead atoms. The van der Waals surface area contributed by atoms with Crippen molar-refractivity contribution in [1.29, 1.82) is 0 Å². The van der Waals surface area contributed by atoms with E-state index >= 15 is 0 Å². The van der Waals surface area contributed by atoms with Gasteiger partial charge in [0.2, 0.25) is 5.91 Å². The average Bonchev–Trinajstić information content (AvgIpc) is 2.71. The fraction of sp³-hybridized carbons (Fsp3) is 0.929. The van der Waals surface area contributed by atoms with Gasteiger partial charge in [-0.15, -0.1) is 0 Å². The predicted molar refractivity (Wildman–Crippen MR) is 71.4 cm³/mol. The fourth-order valence-corrected chi connectivity index (χ4v) is 2.83. The smallest absolute Gasteiger partial charge is 0.237 e. The van der Waals surface area contributed by atoms with Gasteiger partial charge in [-0.1, -0.05) is 19.3 Å². The van der Waals surface area contributed by atoms with Crippen molar-refractivity contribution in [1.82, 2.24) is 10.6 Å². The summed E-state index contributed by atoms with van der Waals surface area (Å²) in [5, 5.41) is 6.46. The first-order valence-electron chi connectivity index (χ1n) is 7.40. The van der Waals surface area contributed by atoms with E-state index in [2.05, 4.69) is 17.6 Å². The highest BCUT2D eigenvalue weighted by Crippen LogP contribution is 2.19. The molecule has 2 rings (SSSR count). The molecule has 3 unspecified atom stereocenters. The van der Waals surface area contributed by atoms with Gasteiger partial charge in [0.25, 0.3) is 0 Å². The third-order valence-corrected chi connectivity index (χ3v) is 4.20. The summed E-state index contributed by atoms with van der Waals surface area (Å²) < 4.78 is 5.51. The quantitative estimate of drug-likeness (QED) is 0.801. The first-order chi connectivity index (χ1) is 8.77. The van der Waals surface area contributed by atoms with Gasteiger partial charge in [0.05, 0.1) is 12.1 Å². The molecule has 2 aliphatic rings. The second-order valence-corrected chi connectivity index (χ2v) is 5.58. The van der Waals surface area contributed by atoms with Gasteiger partial charge in [-0.2, -0.15) is 0 Å². The van der Waals surface area contributed by atoms with Crippen LogP contribution in [0.1, 0.15) is 45.4 Å². The van der Waals surface area contributed by atoms with E-state index in [0.29, 0.717) is 5.92 Å². The lowest BCUT2D eigenvalue weighted by atomic mass is 10.0. The zero-order valence-corrected chi connectivity index (χ0v) is 11.4. The van der Waals surface area contributed by atoms with Gasteiger partial charge in [-0.05, 0) is 32.7 Å². The monoisotopic (exact) mass is 254 g/mol. The Bertz CT molecular complexity index is 263. The highest BCUT2D eigenvalue weighted by atomic mass is 16.5. The molecule has 0 aliphatic carbocycles. The highest BCUT2D eigenvalue weighted by Gasteiger charge is 2.26. The molecule has 3 atom stereocenters. The summed E-state index contributed by atoms with van der Waals surface area (Å²) in [5.74, 6) is 0.665. The minimum absolute atomic E-state index is 0.0166. The number of ether oxygens (including phenoxy) is 1. The topological polar surface area (TPSA) is 50.4 Å². The molecule has 0 aromatic heterocycles. The van der Waals surface area contributed by atoms with E-state index in [0.717, 1.165) is 39.0 Å².